The minimum Gasteiger partial charge on any atom is -0.507 e. The van der Waals surface area contributed by atoms with Gasteiger partial charge in [-0.25, -0.2) is 9.37 Å². The van der Waals surface area contributed by atoms with E-state index in [9.17, 15) is 53.0 Å². The molecule has 1 saturated carbocycles. The van der Waals surface area contributed by atoms with Crippen LogP contribution in [0.4, 0.5) is 4.39 Å². The molecule has 404 valence electrons. The number of ether oxygens (including phenoxy) is 1. The summed E-state index contributed by atoms with van der Waals surface area (Å²) in [6, 6.07) is 14.2. The van der Waals surface area contributed by atoms with Crippen LogP contribution in [0.25, 0.3) is 10.4 Å². The number of likely N-dealkylation sites (tertiary alicyclic amines) is 1. The van der Waals surface area contributed by atoms with Crippen LogP contribution in [0.3, 0.4) is 0 Å². The molecule has 9 N–H and O–H groups in total. The second kappa shape index (κ2) is 23.9. The lowest BCUT2D eigenvalue weighted by atomic mass is 9.85. The van der Waals surface area contributed by atoms with Gasteiger partial charge in [0, 0.05) is 69.8 Å². The number of hydrogen-bond donors (Lipinski definition) is 8. The van der Waals surface area contributed by atoms with Crippen molar-refractivity contribution in [2.45, 2.75) is 103 Å². The number of nitrogens with zero attached hydrogens (tertiary/aromatic N) is 3. The Bertz CT molecular complexity index is 2930. The molecule has 1 aliphatic heterocycles. The zero-order chi connectivity index (χ0) is 55.1. The fraction of sp³-hybridized carbons (Fsp3) is 0.426. The highest BCUT2D eigenvalue weighted by molar-refractivity contribution is 7.13. The number of aromatic hydroxyl groups is 1. The second-order valence-electron chi connectivity index (χ2n) is 20.4. The number of phenols is 1. The fourth-order valence-corrected chi connectivity index (χ4v) is 9.75. The first-order valence-corrected chi connectivity index (χ1v) is 25.8. The van der Waals surface area contributed by atoms with E-state index in [0.29, 0.717) is 12.0 Å². The Hall–Kier alpha value is -7.72. The second-order valence-corrected chi connectivity index (χ2v) is 21.2. The molecular formula is C54H64FN9O11S. The molecule has 1 saturated heterocycles. The molecular weight excluding hydrogens is 1000 g/mol. The summed E-state index contributed by atoms with van der Waals surface area (Å²) in [7, 11) is 1.47. The Balaban J connectivity index is 0.862. The summed E-state index contributed by atoms with van der Waals surface area (Å²) in [5.74, 6) is -5.11. The third-order valence-corrected chi connectivity index (χ3v) is 14.5. The molecule has 0 radical (unpaired) electrons. The number of carbonyl (C=O) groups excluding carboxylic acids is 8. The normalized spacial score (nSPS) is 17.9. The van der Waals surface area contributed by atoms with Crippen molar-refractivity contribution in [2.24, 2.45) is 11.1 Å². The molecule has 2 heterocycles. The van der Waals surface area contributed by atoms with Crippen LogP contribution in [0, 0.1) is 12.3 Å². The van der Waals surface area contributed by atoms with Crippen molar-refractivity contribution in [2.75, 3.05) is 39.8 Å². The van der Waals surface area contributed by atoms with Crippen LogP contribution >= 0.6 is 11.3 Å². The van der Waals surface area contributed by atoms with E-state index in [-0.39, 0.29) is 87.0 Å². The van der Waals surface area contributed by atoms with Crippen LogP contribution in [0.1, 0.15) is 102 Å². The highest BCUT2D eigenvalue weighted by Gasteiger charge is 2.53. The average molecular weight is 1070 g/mol. The number of carbonyl (C=O) groups is 8. The van der Waals surface area contributed by atoms with Crippen molar-refractivity contribution in [1.29, 1.82) is 0 Å². The molecule has 4 aromatic rings. The number of halogens is 1. The first-order chi connectivity index (χ1) is 36.0. The number of hydrogen-bond acceptors (Lipinski definition) is 14. The van der Waals surface area contributed by atoms with Crippen LogP contribution in [0.5, 0.6) is 11.5 Å². The number of rotatable bonds is 21. The number of aryl methyl sites for hydroxylation is 2. The molecule has 22 heteroatoms. The van der Waals surface area contributed by atoms with E-state index in [0.717, 1.165) is 45.8 Å². The Morgan fingerprint density at radius 1 is 1.00 bits per heavy atom. The van der Waals surface area contributed by atoms with E-state index >= 15 is 0 Å². The van der Waals surface area contributed by atoms with E-state index in [1.54, 1.807) is 38.4 Å². The van der Waals surface area contributed by atoms with Gasteiger partial charge in [0.05, 0.1) is 33.8 Å². The summed E-state index contributed by atoms with van der Waals surface area (Å²) in [6.45, 7) is 6.29. The SMILES string of the molecule is Cc1ncsc1-c1ccc(CNC(=O)[C@@H]2C[C@@H](O)CN2C(=O)[C@@H](NC(=O)C2(F)CC2)C(C)(C)C)c(OCC(=O)NCCC(=O)NCCN(C)C(=O)c2ccc(C(=O)/C=C(\N)C(=O)NC3CCc4ccccc43)cc2O)c1. The van der Waals surface area contributed by atoms with Crippen LogP contribution in [-0.4, -0.2) is 136 Å². The van der Waals surface area contributed by atoms with Crippen molar-refractivity contribution in [1.82, 2.24) is 41.4 Å². The molecule has 0 bridgehead atoms. The molecule has 2 fully saturated rings. The smallest absolute Gasteiger partial charge is 0.267 e. The number of aliphatic hydroxyl groups excluding tert-OH is 1. The third-order valence-electron chi connectivity index (χ3n) is 13.5. The third kappa shape index (κ3) is 13.8. The van der Waals surface area contributed by atoms with E-state index < -0.39 is 88.8 Å². The highest BCUT2D eigenvalue weighted by atomic mass is 32.1. The van der Waals surface area contributed by atoms with Crippen LogP contribution in [-0.2, 0) is 41.7 Å². The monoisotopic (exact) mass is 1070 g/mol. The summed E-state index contributed by atoms with van der Waals surface area (Å²) in [6.07, 6.45) is 1.40. The Labute approximate surface area is 443 Å². The summed E-state index contributed by atoms with van der Waals surface area (Å²) < 4.78 is 20.6. The van der Waals surface area contributed by atoms with Gasteiger partial charge in [-0.05, 0) is 79.0 Å². The quantitative estimate of drug-likeness (QED) is 0.0441. The van der Waals surface area contributed by atoms with Crippen LogP contribution in [0.2, 0.25) is 0 Å². The molecule has 76 heavy (non-hydrogen) atoms. The fourth-order valence-electron chi connectivity index (χ4n) is 8.95. The number of alkyl halides is 1. The van der Waals surface area contributed by atoms with Gasteiger partial charge in [0.2, 0.25) is 17.7 Å². The van der Waals surface area contributed by atoms with Gasteiger partial charge in [-0.1, -0.05) is 57.2 Å². The van der Waals surface area contributed by atoms with Crippen molar-refractivity contribution in [3.63, 3.8) is 0 Å². The first-order valence-electron chi connectivity index (χ1n) is 25.0. The topological polar surface area (TPSA) is 292 Å². The maximum Gasteiger partial charge on any atom is 0.267 e. The summed E-state index contributed by atoms with van der Waals surface area (Å²) in [4.78, 5) is 113. The zero-order valence-corrected chi connectivity index (χ0v) is 43.8. The van der Waals surface area contributed by atoms with E-state index in [4.69, 9.17) is 10.5 Å². The van der Waals surface area contributed by atoms with Crippen LogP contribution in [0.15, 0.2) is 77.9 Å². The zero-order valence-electron chi connectivity index (χ0n) is 43.0. The summed E-state index contributed by atoms with van der Waals surface area (Å²) in [5.41, 5.74) is 8.50. The number of ketones is 1. The predicted molar refractivity (Wildman–Crippen MR) is 278 cm³/mol. The minimum absolute atomic E-state index is 0.00169. The lowest BCUT2D eigenvalue weighted by molar-refractivity contribution is -0.145. The van der Waals surface area contributed by atoms with E-state index in [1.807, 2.05) is 37.3 Å². The van der Waals surface area contributed by atoms with Gasteiger partial charge in [0.15, 0.2) is 18.1 Å². The first kappa shape index (κ1) is 56.0. The number of fused-ring (bicyclic) bond motifs is 1. The molecule has 4 atom stereocenters. The van der Waals surface area contributed by atoms with Gasteiger partial charge in [-0.15, -0.1) is 11.3 Å². The standard InChI is InChI=1S/C54H64FN9O11S/c1-30-46(76-29-60-30)33-10-11-34(26-59-49(71)40-24-35(65)27-64(40)51(73)47(53(2,3)4)62-52(74)54(55)17-18-54)43(23-33)75-28-45(69)57-19-16-44(68)58-20-21-63(5)50(72)37-14-12-32(22-42(37)67)41(66)25-38(56)48(70)61-39-15-13-31-8-6-7-9-36(31)39/h6-12,14,22-23,25,29,35,39-40,47,65,67H,13,15-21,24,26-28,56H2,1-5H3,(H,57,69)(H,58,68)(H,59,71)(H,61,70)(H,62,74)/b38-25-/t35-,39?,40+,47-/m1/s1. The van der Waals surface area contributed by atoms with Gasteiger partial charge >= 0.3 is 0 Å². The Morgan fingerprint density at radius 2 is 1.74 bits per heavy atom. The van der Waals surface area contributed by atoms with Gasteiger partial charge in [-0.2, -0.15) is 0 Å². The number of aromatic nitrogens is 1. The van der Waals surface area contributed by atoms with E-state index in [2.05, 4.69) is 31.6 Å². The Morgan fingerprint density at radius 3 is 2.43 bits per heavy atom. The van der Waals surface area contributed by atoms with Crippen molar-refractivity contribution in [3.05, 3.63) is 111 Å². The molecule has 20 nitrogen and oxygen atoms in total. The van der Waals surface area contributed by atoms with Crippen LogP contribution < -0.4 is 37.1 Å². The molecule has 7 rings (SSSR count). The summed E-state index contributed by atoms with van der Waals surface area (Å²) >= 11 is 1.40. The number of nitrogens with one attached hydrogen (secondary N) is 5. The molecule has 3 aromatic carbocycles. The molecule has 7 amide bonds. The number of nitrogens with two attached hydrogens (primary N) is 1. The van der Waals surface area contributed by atoms with Gasteiger partial charge < -0.3 is 57.1 Å². The number of likely N-dealkylation sites (N-methyl/N-ethyl adjacent to an activating group) is 1. The Kier molecular flexibility index (Phi) is 17.6. The van der Waals surface area contributed by atoms with Crippen molar-refractivity contribution < 1.29 is 57.7 Å². The van der Waals surface area contributed by atoms with Gasteiger partial charge in [0.25, 0.3) is 23.6 Å². The van der Waals surface area contributed by atoms with Crippen molar-refractivity contribution in [3.8, 4) is 21.9 Å². The minimum atomic E-state index is -2.03. The number of aliphatic hydroxyl groups is 1. The number of β-amino-alcohol motifs (C(OH)–C–C–N with tert-alkyl or cyclic N) is 1. The lowest BCUT2D eigenvalue weighted by Gasteiger charge is -2.35. The molecule has 3 aliphatic rings. The number of phenolic OH excluding ortho intramolecular Hbond substituents is 1. The lowest BCUT2D eigenvalue weighted by Crippen LogP contribution is -2.59. The highest BCUT2D eigenvalue weighted by Crippen LogP contribution is 2.41. The van der Waals surface area contributed by atoms with Gasteiger partial charge in [0.1, 0.15) is 29.3 Å². The maximum absolute atomic E-state index is 14.6. The molecule has 1 unspecified atom stereocenters. The predicted octanol–water partition coefficient (Wildman–Crippen LogP) is 3.04. The molecule has 2 aliphatic carbocycles. The largest absolute Gasteiger partial charge is 0.507 e. The average Bonchev–Trinajstić information content (AvgIpc) is 3.62. The number of benzene rings is 3. The number of amides is 7. The summed E-state index contributed by atoms with van der Waals surface area (Å²) in [5, 5.41) is 34.9. The number of thiazole rings is 1. The molecule has 0 spiro atoms. The van der Waals surface area contributed by atoms with Gasteiger partial charge in [-0.3, -0.25) is 38.4 Å². The van der Waals surface area contributed by atoms with E-state index in [1.165, 1.54) is 40.3 Å². The van der Waals surface area contributed by atoms with Crippen molar-refractivity contribution >= 4 is 58.5 Å². The number of allylic oxidation sites excluding steroid dienone is 1. The molecule has 1 aromatic heterocycles. The maximum atomic E-state index is 14.6.